The second kappa shape index (κ2) is 7.68. The Bertz CT molecular complexity index is 599. The molecule has 1 aromatic rings. The normalized spacial score (nSPS) is 24.1. The fourth-order valence-electron chi connectivity index (χ4n) is 3.74. The first-order valence-electron chi connectivity index (χ1n) is 8.99. The smallest absolute Gasteiger partial charge is 0.251 e. The van der Waals surface area contributed by atoms with Crippen molar-refractivity contribution < 1.29 is 18.3 Å². The highest BCUT2D eigenvalue weighted by molar-refractivity contribution is 5.79. The Morgan fingerprint density at radius 2 is 2.04 bits per heavy atom. The van der Waals surface area contributed by atoms with Gasteiger partial charge in [-0.15, -0.1) is 0 Å². The van der Waals surface area contributed by atoms with Crippen molar-refractivity contribution in [3.8, 4) is 5.75 Å². The van der Waals surface area contributed by atoms with E-state index in [4.69, 9.17) is 4.74 Å². The Morgan fingerprint density at radius 1 is 1.28 bits per heavy atom. The first kappa shape index (κ1) is 18.1. The zero-order valence-electron chi connectivity index (χ0n) is 14.7. The molecule has 1 aromatic carbocycles. The molecular weight excluding hydrogens is 326 g/mol. The summed E-state index contributed by atoms with van der Waals surface area (Å²) in [4.78, 5) is 16.6. The van der Waals surface area contributed by atoms with Crippen LogP contribution >= 0.6 is 0 Å². The van der Waals surface area contributed by atoms with Crippen LogP contribution in [0.25, 0.3) is 0 Å². The van der Waals surface area contributed by atoms with Crippen LogP contribution in [0.15, 0.2) is 24.3 Å². The van der Waals surface area contributed by atoms with E-state index in [1.165, 1.54) is 0 Å². The molecule has 2 saturated heterocycles. The molecule has 6 heteroatoms. The molecule has 2 aliphatic heterocycles. The summed E-state index contributed by atoms with van der Waals surface area (Å²) in [6.07, 6.45) is 1.39. The van der Waals surface area contributed by atoms with Crippen LogP contribution in [0.5, 0.6) is 5.75 Å². The molecule has 4 nitrogen and oxygen atoms in total. The third kappa shape index (κ3) is 4.69. The molecule has 0 N–H and O–H groups in total. The van der Waals surface area contributed by atoms with Gasteiger partial charge < -0.3 is 9.64 Å². The quantitative estimate of drug-likeness (QED) is 0.834. The largest absolute Gasteiger partial charge is 0.497 e. The molecule has 1 atom stereocenters. The molecule has 2 aliphatic rings. The van der Waals surface area contributed by atoms with Gasteiger partial charge in [0.05, 0.1) is 13.0 Å². The van der Waals surface area contributed by atoms with Crippen molar-refractivity contribution in [1.82, 2.24) is 9.80 Å². The fraction of sp³-hybridized carbons (Fsp3) is 0.632. The number of hydrogen-bond acceptors (Lipinski definition) is 3. The summed E-state index contributed by atoms with van der Waals surface area (Å²) in [6, 6.07) is 7.95. The van der Waals surface area contributed by atoms with Crippen LogP contribution in [0.1, 0.15) is 31.2 Å². The fourth-order valence-corrected chi connectivity index (χ4v) is 3.74. The predicted molar refractivity (Wildman–Crippen MR) is 91.8 cm³/mol. The number of amides is 1. The number of likely N-dealkylation sites (tertiary alicyclic amines) is 2. The lowest BCUT2D eigenvalue weighted by Gasteiger charge is -2.37. The summed E-state index contributed by atoms with van der Waals surface area (Å²) in [5.74, 6) is -1.81. The van der Waals surface area contributed by atoms with Crippen molar-refractivity contribution >= 4 is 5.91 Å². The summed E-state index contributed by atoms with van der Waals surface area (Å²) in [5, 5.41) is 0. The van der Waals surface area contributed by atoms with E-state index in [-0.39, 0.29) is 37.8 Å². The Morgan fingerprint density at radius 3 is 2.76 bits per heavy atom. The molecule has 3 rings (SSSR count). The second-order valence-electron chi connectivity index (χ2n) is 7.11. The Hall–Kier alpha value is -1.69. The van der Waals surface area contributed by atoms with E-state index in [1.54, 1.807) is 12.0 Å². The van der Waals surface area contributed by atoms with Crippen molar-refractivity contribution in [1.29, 1.82) is 0 Å². The number of benzene rings is 1. The van der Waals surface area contributed by atoms with Crippen molar-refractivity contribution in [3.63, 3.8) is 0 Å². The van der Waals surface area contributed by atoms with E-state index >= 15 is 0 Å². The number of halogens is 2. The van der Waals surface area contributed by atoms with Gasteiger partial charge in [0, 0.05) is 39.0 Å². The van der Waals surface area contributed by atoms with Crippen LogP contribution in [-0.4, -0.2) is 54.9 Å². The van der Waals surface area contributed by atoms with Gasteiger partial charge in [-0.25, -0.2) is 8.78 Å². The molecule has 1 amide bonds. The Balaban J connectivity index is 1.56. The average Bonchev–Trinajstić information content (AvgIpc) is 2.61. The van der Waals surface area contributed by atoms with E-state index in [0.717, 1.165) is 37.2 Å². The van der Waals surface area contributed by atoms with Crippen LogP contribution in [-0.2, 0) is 11.3 Å². The lowest BCUT2D eigenvalue weighted by molar-refractivity contribution is -0.143. The molecule has 0 bridgehead atoms. The zero-order valence-corrected chi connectivity index (χ0v) is 14.7. The van der Waals surface area contributed by atoms with E-state index in [9.17, 15) is 13.6 Å². The molecule has 0 aliphatic carbocycles. The lowest BCUT2D eigenvalue weighted by atomic mass is 9.94. The zero-order chi connectivity index (χ0) is 17.9. The summed E-state index contributed by atoms with van der Waals surface area (Å²) in [7, 11) is 1.65. The maximum Gasteiger partial charge on any atom is 0.251 e. The van der Waals surface area contributed by atoms with Crippen molar-refractivity contribution in [2.24, 2.45) is 5.92 Å². The van der Waals surface area contributed by atoms with Gasteiger partial charge in [0.15, 0.2) is 0 Å². The van der Waals surface area contributed by atoms with Crippen LogP contribution in [0, 0.1) is 5.92 Å². The minimum Gasteiger partial charge on any atom is -0.497 e. The van der Waals surface area contributed by atoms with E-state index in [1.807, 2.05) is 18.2 Å². The number of carbonyl (C=O) groups excluding carboxylic acids is 1. The summed E-state index contributed by atoms with van der Waals surface area (Å²) < 4.78 is 31.8. The number of hydrogen-bond donors (Lipinski definition) is 0. The molecule has 0 aromatic heterocycles. The van der Waals surface area contributed by atoms with E-state index in [0.29, 0.717) is 6.54 Å². The van der Waals surface area contributed by atoms with Crippen LogP contribution in [0.3, 0.4) is 0 Å². The first-order chi connectivity index (χ1) is 12.0. The van der Waals surface area contributed by atoms with Crippen molar-refractivity contribution in [2.45, 2.75) is 38.2 Å². The van der Waals surface area contributed by atoms with Gasteiger partial charge in [-0.05, 0) is 37.1 Å². The molecular formula is C19H26F2N2O2. The van der Waals surface area contributed by atoms with Gasteiger partial charge in [0.25, 0.3) is 5.92 Å². The topological polar surface area (TPSA) is 32.8 Å². The maximum atomic E-state index is 13.3. The van der Waals surface area contributed by atoms with Gasteiger partial charge in [-0.2, -0.15) is 0 Å². The van der Waals surface area contributed by atoms with Crippen LogP contribution in [0.2, 0.25) is 0 Å². The molecule has 25 heavy (non-hydrogen) atoms. The third-order valence-electron chi connectivity index (χ3n) is 5.20. The highest BCUT2D eigenvalue weighted by Crippen LogP contribution is 2.29. The average molecular weight is 352 g/mol. The molecule has 138 valence electrons. The van der Waals surface area contributed by atoms with Gasteiger partial charge in [0.1, 0.15) is 5.75 Å². The third-order valence-corrected chi connectivity index (χ3v) is 5.20. The number of carbonyl (C=O) groups is 1. The van der Waals surface area contributed by atoms with E-state index < -0.39 is 5.92 Å². The van der Waals surface area contributed by atoms with E-state index in [2.05, 4.69) is 11.0 Å². The molecule has 0 radical (unpaired) electrons. The number of piperidine rings is 2. The highest BCUT2D eigenvalue weighted by Gasteiger charge is 2.38. The molecule has 1 unspecified atom stereocenters. The lowest BCUT2D eigenvalue weighted by Crippen LogP contribution is -2.48. The predicted octanol–water partition coefficient (Wildman–Crippen LogP) is 3.16. The van der Waals surface area contributed by atoms with Crippen molar-refractivity contribution in [3.05, 3.63) is 29.8 Å². The SMILES string of the molecule is COc1cccc(CN2CCCC(C(=O)N3CCC(F)(F)CC3)C2)c1. The van der Waals surface area contributed by atoms with Gasteiger partial charge >= 0.3 is 0 Å². The van der Waals surface area contributed by atoms with Crippen LogP contribution in [0.4, 0.5) is 8.78 Å². The Labute approximate surface area is 147 Å². The van der Waals surface area contributed by atoms with Crippen LogP contribution < -0.4 is 4.74 Å². The van der Waals surface area contributed by atoms with Gasteiger partial charge in [-0.1, -0.05) is 12.1 Å². The number of rotatable bonds is 4. The summed E-state index contributed by atoms with van der Waals surface area (Å²) >= 11 is 0. The maximum absolute atomic E-state index is 13.3. The van der Waals surface area contributed by atoms with Gasteiger partial charge in [0.2, 0.25) is 5.91 Å². The molecule has 2 fully saturated rings. The highest BCUT2D eigenvalue weighted by atomic mass is 19.3. The molecule has 0 saturated carbocycles. The number of nitrogens with zero attached hydrogens (tertiary/aromatic N) is 2. The Kier molecular flexibility index (Phi) is 5.57. The second-order valence-corrected chi connectivity index (χ2v) is 7.11. The molecule has 2 heterocycles. The minimum atomic E-state index is -2.61. The minimum absolute atomic E-state index is 0.0471. The number of alkyl halides is 2. The molecule has 0 spiro atoms. The summed E-state index contributed by atoms with van der Waals surface area (Å²) in [5.41, 5.74) is 1.16. The first-order valence-corrected chi connectivity index (χ1v) is 8.99. The summed E-state index contributed by atoms with van der Waals surface area (Å²) in [6.45, 7) is 2.79. The monoisotopic (exact) mass is 352 g/mol. The number of ether oxygens (including phenoxy) is 1. The number of methoxy groups -OCH3 is 1. The standard InChI is InChI=1S/C19H26F2N2O2/c1-25-17-6-2-4-15(12-17)13-22-9-3-5-16(14-22)18(24)23-10-7-19(20,21)8-11-23/h2,4,6,12,16H,3,5,7-11,13-14H2,1H3. The van der Waals surface area contributed by atoms with Gasteiger partial charge in [-0.3, -0.25) is 9.69 Å². The van der Waals surface area contributed by atoms with Crippen molar-refractivity contribution in [2.75, 3.05) is 33.3 Å².